The number of rotatable bonds is 4. The van der Waals surface area contributed by atoms with Crippen LogP contribution in [0.3, 0.4) is 0 Å². The highest BCUT2D eigenvalue weighted by Gasteiger charge is 2.50. The molecule has 1 unspecified atom stereocenters. The standard InChI is InChI=1S/C22H16F4N6O3/c1-12-4-5-13(9-14(12)23)15-6-7-17-29-30-18(32(17)31-15)10-21(35-20(33)22(24,25)26)11-28-19-16(34-21)3-2-8-27-19/h2-9H,10-11H2,1H3,(H,27,28). The maximum atomic E-state index is 14.1. The van der Waals surface area contributed by atoms with Gasteiger partial charge in [-0.3, -0.25) is 0 Å². The Bertz CT molecular complexity index is 1440. The monoisotopic (exact) mass is 488 g/mol. The third-order valence-corrected chi connectivity index (χ3v) is 5.32. The minimum atomic E-state index is -5.25. The largest absolute Gasteiger partial charge is 0.491 e. The van der Waals surface area contributed by atoms with Crippen LogP contribution >= 0.6 is 0 Å². The minimum absolute atomic E-state index is 0.0542. The quantitative estimate of drug-likeness (QED) is 0.344. The number of halogens is 4. The molecule has 1 aromatic carbocycles. The summed E-state index contributed by atoms with van der Waals surface area (Å²) in [6, 6.07) is 10.8. The molecule has 0 bridgehead atoms. The molecule has 0 amide bonds. The van der Waals surface area contributed by atoms with Crippen LogP contribution in [-0.4, -0.2) is 49.3 Å². The maximum absolute atomic E-state index is 14.1. The van der Waals surface area contributed by atoms with Gasteiger partial charge in [0.1, 0.15) is 5.82 Å². The molecule has 13 heteroatoms. The predicted molar refractivity (Wildman–Crippen MR) is 113 cm³/mol. The second-order valence-electron chi connectivity index (χ2n) is 7.85. The van der Waals surface area contributed by atoms with Gasteiger partial charge in [0.05, 0.1) is 18.7 Å². The van der Waals surface area contributed by atoms with Crippen molar-refractivity contribution in [3.8, 4) is 17.0 Å². The summed E-state index contributed by atoms with van der Waals surface area (Å²) in [7, 11) is 0. The van der Waals surface area contributed by atoms with Crippen LogP contribution in [0, 0.1) is 12.7 Å². The molecule has 3 aromatic heterocycles. The molecule has 0 radical (unpaired) electrons. The molecule has 0 fully saturated rings. The lowest BCUT2D eigenvalue weighted by atomic mass is 10.1. The SMILES string of the molecule is Cc1ccc(-c2ccc3nnc(CC4(OC(=O)C(F)(F)F)CNc5ncccc5O4)n3n2)cc1F. The molecular weight excluding hydrogens is 472 g/mol. The molecule has 35 heavy (non-hydrogen) atoms. The van der Waals surface area contributed by atoms with E-state index >= 15 is 0 Å². The van der Waals surface area contributed by atoms with Crippen LogP contribution < -0.4 is 10.1 Å². The van der Waals surface area contributed by atoms with E-state index in [0.717, 1.165) is 0 Å². The summed E-state index contributed by atoms with van der Waals surface area (Å²) >= 11 is 0. The summed E-state index contributed by atoms with van der Waals surface area (Å²) in [6.45, 7) is 1.28. The zero-order valence-electron chi connectivity index (χ0n) is 18.0. The molecule has 0 spiro atoms. The lowest BCUT2D eigenvalue weighted by Crippen LogP contribution is -2.53. The molecule has 180 valence electrons. The number of aryl methyl sites for hydroxylation is 1. The van der Waals surface area contributed by atoms with Gasteiger partial charge in [0.2, 0.25) is 0 Å². The van der Waals surface area contributed by atoms with Gasteiger partial charge in [0.25, 0.3) is 5.79 Å². The van der Waals surface area contributed by atoms with E-state index in [4.69, 9.17) is 9.47 Å². The molecule has 1 aliphatic heterocycles. The zero-order chi connectivity index (χ0) is 24.8. The van der Waals surface area contributed by atoms with Crippen LogP contribution in [0.4, 0.5) is 23.4 Å². The number of alkyl halides is 3. The number of carbonyl (C=O) groups is 1. The summed E-state index contributed by atoms with van der Waals surface area (Å²) in [5.74, 6) is -4.55. The number of carbonyl (C=O) groups excluding carboxylic acids is 1. The second kappa shape index (κ2) is 8.18. The summed E-state index contributed by atoms with van der Waals surface area (Å²) < 4.78 is 65.1. The van der Waals surface area contributed by atoms with E-state index in [1.54, 1.807) is 31.2 Å². The Morgan fingerprint density at radius 3 is 2.83 bits per heavy atom. The number of fused-ring (bicyclic) bond motifs is 2. The highest BCUT2D eigenvalue weighted by Crippen LogP contribution is 2.35. The van der Waals surface area contributed by atoms with E-state index in [2.05, 4.69) is 25.6 Å². The average Bonchev–Trinajstić information content (AvgIpc) is 3.21. The summed E-state index contributed by atoms with van der Waals surface area (Å²) in [6.07, 6.45) is -4.22. The Morgan fingerprint density at radius 1 is 1.23 bits per heavy atom. The number of nitrogens with zero attached hydrogens (tertiary/aromatic N) is 5. The van der Waals surface area contributed by atoms with Gasteiger partial charge in [-0.25, -0.2) is 14.2 Å². The summed E-state index contributed by atoms with van der Waals surface area (Å²) in [5.41, 5.74) is 1.59. The first-order valence-corrected chi connectivity index (χ1v) is 10.3. The van der Waals surface area contributed by atoms with Gasteiger partial charge >= 0.3 is 12.1 Å². The number of hydrogen-bond acceptors (Lipinski definition) is 8. The van der Waals surface area contributed by atoms with E-state index in [9.17, 15) is 22.4 Å². The second-order valence-corrected chi connectivity index (χ2v) is 7.85. The van der Waals surface area contributed by atoms with Crippen LogP contribution in [0.5, 0.6) is 5.75 Å². The molecule has 9 nitrogen and oxygen atoms in total. The lowest BCUT2D eigenvalue weighted by Gasteiger charge is -2.37. The fraction of sp³-hybridized carbons (Fsp3) is 0.227. The van der Waals surface area contributed by atoms with E-state index in [1.807, 2.05) is 0 Å². The molecule has 1 aliphatic rings. The Labute approximate surface area is 194 Å². The Balaban J connectivity index is 1.54. The normalized spacial score (nSPS) is 17.4. The first-order chi connectivity index (χ1) is 16.6. The molecular formula is C22H16F4N6O3. The van der Waals surface area contributed by atoms with Gasteiger partial charge < -0.3 is 14.8 Å². The van der Waals surface area contributed by atoms with Crippen molar-refractivity contribution in [1.82, 2.24) is 24.8 Å². The van der Waals surface area contributed by atoms with Crippen LogP contribution in [0.15, 0.2) is 48.7 Å². The van der Waals surface area contributed by atoms with Gasteiger partial charge in [-0.15, -0.1) is 10.2 Å². The van der Waals surface area contributed by atoms with Crippen LogP contribution in [0.25, 0.3) is 16.9 Å². The number of aromatic nitrogens is 5. The fourth-order valence-electron chi connectivity index (χ4n) is 3.57. The first-order valence-electron chi connectivity index (χ1n) is 10.3. The van der Waals surface area contributed by atoms with Crippen molar-refractivity contribution >= 4 is 17.4 Å². The summed E-state index contributed by atoms with van der Waals surface area (Å²) in [5, 5.41) is 15.2. The van der Waals surface area contributed by atoms with E-state index in [1.165, 1.54) is 28.9 Å². The summed E-state index contributed by atoms with van der Waals surface area (Å²) in [4.78, 5) is 15.8. The van der Waals surface area contributed by atoms with E-state index in [0.29, 0.717) is 16.8 Å². The lowest BCUT2D eigenvalue weighted by molar-refractivity contribution is -0.238. The molecule has 0 aliphatic carbocycles. The zero-order valence-corrected chi connectivity index (χ0v) is 18.0. The minimum Gasteiger partial charge on any atom is -0.446 e. The molecule has 4 aromatic rings. The van der Waals surface area contributed by atoms with Gasteiger partial charge in [0, 0.05) is 11.8 Å². The van der Waals surface area contributed by atoms with Crippen molar-refractivity contribution in [2.75, 3.05) is 11.9 Å². The average molecular weight is 488 g/mol. The highest BCUT2D eigenvalue weighted by atomic mass is 19.4. The number of hydrogen-bond donors (Lipinski definition) is 1. The Hall–Kier alpha value is -4.29. The van der Waals surface area contributed by atoms with Gasteiger partial charge in [-0.2, -0.15) is 22.8 Å². The van der Waals surface area contributed by atoms with Crippen molar-refractivity contribution in [1.29, 1.82) is 0 Å². The van der Waals surface area contributed by atoms with Gasteiger partial charge in [-0.1, -0.05) is 12.1 Å². The number of anilines is 1. The van der Waals surface area contributed by atoms with Gasteiger partial charge in [-0.05, 0) is 42.8 Å². The molecule has 1 atom stereocenters. The number of ether oxygens (including phenoxy) is 2. The third kappa shape index (κ3) is 4.32. The first kappa shape index (κ1) is 22.5. The van der Waals surface area contributed by atoms with Gasteiger partial charge in [0.15, 0.2) is 23.0 Å². The molecule has 4 heterocycles. The predicted octanol–water partition coefficient (Wildman–Crippen LogP) is 3.48. The fourth-order valence-corrected chi connectivity index (χ4v) is 3.57. The van der Waals surface area contributed by atoms with E-state index < -0.39 is 30.2 Å². The molecule has 5 rings (SSSR count). The number of benzene rings is 1. The van der Waals surface area contributed by atoms with Crippen molar-refractivity contribution in [3.63, 3.8) is 0 Å². The third-order valence-electron chi connectivity index (χ3n) is 5.32. The smallest absolute Gasteiger partial charge is 0.446 e. The number of nitrogens with one attached hydrogen (secondary N) is 1. The number of esters is 1. The molecule has 0 saturated heterocycles. The van der Waals surface area contributed by atoms with Crippen LogP contribution in [0.2, 0.25) is 0 Å². The molecule has 1 N–H and O–H groups in total. The van der Waals surface area contributed by atoms with Crippen molar-refractivity contribution in [2.45, 2.75) is 25.3 Å². The van der Waals surface area contributed by atoms with Crippen molar-refractivity contribution < 1.29 is 31.8 Å². The number of pyridine rings is 1. The van der Waals surface area contributed by atoms with Crippen molar-refractivity contribution in [3.05, 3.63) is 65.9 Å². The van der Waals surface area contributed by atoms with Crippen LogP contribution in [0.1, 0.15) is 11.4 Å². The van der Waals surface area contributed by atoms with E-state index in [-0.39, 0.29) is 29.6 Å². The highest BCUT2D eigenvalue weighted by molar-refractivity contribution is 5.76. The molecule has 0 saturated carbocycles. The van der Waals surface area contributed by atoms with Crippen molar-refractivity contribution in [2.24, 2.45) is 0 Å². The maximum Gasteiger partial charge on any atom is 0.491 e. The van der Waals surface area contributed by atoms with Crippen LogP contribution in [-0.2, 0) is 16.0 Å². The Kier molecular flexibility index (Phi) is 5.26. The topological polar surface area (TPSA) is 104 Å². The Morgan fingerprint density at radius 2 is 2.06 bits per heavy atom.